The van der Waals surface area contributed by atoms with E-state index in [1.807, 2.05) is 32.9 Å². The predicted molar refractivity (Wildman–Crippen MR) is 92.0 cm³/mol. The number of rotatable bonds is 5. The standard InChI is InChI=1S/C19H22N2O2/c1-14(2)15(3)20-21-18(22)19(23,16-10-6-4-7-11-16)17-12-8-5-9-13-17/h4-14,23H,1-3H3,(H,21,22)/b20-15+. The molecule has 0 spiro atoms. The van der Waals surface area contributed by atoms with Crippen LogP contribution in [-0.4, -0.2) is 16.7 Å². The van der Waals surface area contributed by atoms with Crippen LogP contribution in [0.1, 0.15) is 31.9 Å². The number of hydrazone groups is 1. The van der Waals surface area contributed by atoms with E-state index in [0.29, 0.717) is 11.1 Å². The first-order valence-corrected chi connectivity index (χ1v) is 7.64. The Balaban J connectivity index is 2.43. The Labute approximate surface area is 136 Å². The Bertz CT molecular complexity index is 640. The van der Waals surface area contributed by atoms with E-state index in [1.54, 1.807) is 48.5 Å². The first-order valence-electron chi connectivity index (χ1n) is 7.64. The highest BCUT2D eigenvalue weighted by molar-refractivity contribution is 5.92. The zero-order chi connectivity index (χ0) is 16.9. The van der Waals surface area contributed by atoms with Gasteiger partial charge in [0.1, 0.15) is 0 Å². The van der Waals surface area contributed by atoms with Crippen LogP contribution in [0, 0.1) is 5.92 Å². The summed E-state index contributed by atoms with van der Waals surface area (Å²) in [6.45, 7) is 5.83. The molecule has 2 aromatic rings. The van der Waals surface area contributed by atoms with Gasteiger partial charge >= 0.3 is 0 Å². The normalized spacial score (nSPS) is 12.3. The molecule has 2 rings (SSSR count). The van der Waals surface area contributed by atoms with Crippen LogP contribution in [-0.2, 0) is 10.4 Å². The lowest BCUT2D eigenvalue weighted by Gasteiger charge is -2.27. The summed E-state index contributed by atoms with van der Waals surface area (Å²) in [6, 6.07) is 17.8. The third kappa shape index (κ3) is 3.66. The lowest BCUT2D eigenvalue weighted by molar-refractivity contribution is -0.136. The topological polar surface area (TPSA) is 61.7 Å². The third-order valence-corrected chi connectivity index (χ3v) is 3.88. The average molecular weight is 310 g/mol. The van der Waals surface area contributed by atoms with Crippen LogP contribution < -0.4 is 5.43 Å². The largest absolute Gasteiger partial charge is 0.372 e. The molecule has 2 N–H and O–H groups in total. The highest BCUT2D eigenvalue weighted by Crippen LogP contribution is 2.29. The van der Waals surface area contributed by atoms with Gasteiger partial charge < -0.3 is 5.11 Å². The molecule has 0 fully saturated rings. The number of nitrogens with one attached hydrogen (secondary N) is 1. The molecular formula is C19H22N2O2. The van der Waals surface area contributed by atoms with Crippen LogP contribution in [0.4, 0.5) is 0 Å². The Morgan fingerprint density at radius 1 is 1.00 bits per heavy atom. The van der Waals surface area contributed by atoms with Crippen LogP contribution in [0.5, 0.6) is 0 Å². The van der Waals surface area contributed by atoms with E-state index in [9.17, 15) is 9.90 Å². The molecule has 0 atom stereocenters. The average Bonchev–Trinajstić information content (AvgIpc) is 2.60. The minimum Gasteiger partial charge on any atom is -0.372 e. The van der Waals surface area contributed by atoms with Gasteiger partial charge in [0.05, 0.1) is 0 Å². The van der Waals surface area contributed by atoms with Crippen molar-refractivity contribution in [2.45, 2.75) is 26.4 Å². The Hall–Kier alpha value is -2.46. The summed E-state index contributed by atoms with van der Waals surface area (Å²) in [6.07, 6.45) is 0. The van der Waals surface area contributed by atoms with Gasteiger partial charge in [0.15, 0.2) is 5.60 Å². The molecule has 0 heterocycles. The summed E-state index contributed by atoms with van der Waals surface area (Å²) in [7, 11) is 0. The SMILES string of the molecule is C/C(=N\NC(=O)C(O)(c1ccccc1)c1ccccc1)C(C)C. The molecule has 4 heteroatoms. The van der Waals surface area contributed by atoms with Crippen molar-refractivity contribution in [2.24, 2.45) is 11.0 Å². The van der Waals surface area contributed by atoms with Crippen molar-refractivity contribution in [1.29, 1.82) is 0 Å². The van der Waals surface area contributed by atoms with Gasteiger partial charge in [0.25, 0.3) is 5.91 Å². The van der Waals surface area contributed by atoms with Crippen LogP contribution in [0.25, 0.3) is 0 Å². The highest BCUT2D eigenvalue weighted by atomic mass is 16.3. The number of hydrogen-bond donors (Lipinski definition) is 2. The molecule has 0 saturated heterocycles. The van der Waals surface area contributed by atoms with Crippen molar-refractivity contribution < 1.29 is 9.90 Å². The maximum absolute atomic E-state index is 12.7. The Morgan fingerprint density at radius 3 is 1.83 bits per heavy atom. The van der Waals surface area contributed by atoms with Crippen LogP contribution in [0.15, 0.2) is 65.8 Å². The second kappa shape index (κ2) is 7.20. The number of amides is 1. The fourth-order valence-electron chi connectivity index (χ4n) is 2.14. The van der Waals surface area contributed by atoms with E-state index in [4.69, 9.17) is 0 Å². The lowest BCUT2D eigenvalue weighted by atomic mass is 9.85. The Morgan fingerprint density at radius 2 is 1.43 bits per heavy atom. The first kappa shape index (κ1) is 16.9. The van der Waals surface area contributed by atoms with Gasteiger partial charge in [0, 0.05) is 5.71 Å². The van der Waals surface area contributed by atoms with E-state index in [1.165, 1.54) is 0 Å². The van der Waals surface area contributed by atoms with E-state index >= 15 is 0 Å². The summed E-state index contributed by atoms with van der Waals surface area (Å²) in [5.41, 5.74) is 2.51. The molecule has 120 valence electrons. The van der Waals surface area contributed by atoms with Crippen LogP contribution >= 0.6 is 0 Å². The van der Waals surface area contributed by atoms with Gasteiger partial charge in [-0.15, -0.1) is 0 Å². The van der Waals surface area contributed by atoms with Crippen molar-refractivity contribution in [1.82, 2.24) is 5.43 Å². The summed E-state index contributed by atoms with van der Waals surface area (Å²) in [5, 5.41) is 15.3. The van der Waals surface area contributed by atoms with Crippen LogP contribution in [0.3, 0.4) is 0 Å². The number of benzene rings is 2. The molecule has 0 radical (unpaired) electrons. The molecule has 0 aromatic heterocycles. The number of aliphatic hydroxyl groups is 1. The minimum absolute atomic E-state index is 0.219. The smallest absolute Gasteiger partial charge is 0.281 e. The first-order chi connectivity index (χ1) is 11.0. The van der Waals surface area contributed by atoms with Crippen molar-refractivity contribution in [3.05, 3.63) is 71.8 Å². The van der Waals surface area contributed by atoms with Gasteiger partial charge in [-0.25, -0.2) is 5.43 Å². The Kier molecular flexibility index (Phi) is 5.29. The van der Waals surface area contributed by atoms with Gasteiger partial charge in [-0.1, -0.05) is 74.5 Å². The number of carbonyl (C=O) groups excluding carboxylic acids is 1. The molecule has 23 heavy (non-hydrogen) atoms. The summed E-state index contributed by atoms with van der Waals surface area (Å²) in [4.78, 5) is 12.7. The lowest BCUT2D eigenvalue weighted by Crippen LogP contribution is -2.44. The van der Waals surface area contributed by atoms with Gasteiger partial charge in [-0.3, -0.25) is 4.79 Å². The third-order valence-electron chi connectivity index (χ3n) is 3.88. The summed E-state index contributed by atoms with van der Waals surface area (Å²) < 4.78 is 0. The second-order valence-corrected chi connectivity index (χ2v) is 5.79. The maximum atomic E-state index is 12.7. The minimum atomic E-state index is -1.79. The van der Waals surface area contributed by atoms with E-state index < -0.39 is 11.5 Å². The monoisotopic (exact) mass is 310 g/mol. The number of nitrogens with zero attached hydrogens (tertiary/aromatic N) is 1. The molecule has 1 amide bonds. The van der Waals surface area contributed by atoms with Crippen LogP contribution in [0.2, 0.25) is 0 Å². The van der Waals surface area contributed by atoms with Crippen molar-refractivity contribution in [3.8, 4) is 0 Å². The molecule has 0 aliphatic carbocycles. The zero-order valence-corrected chi connectivity index (χ0v) is 13.7. The molecule has 0 unspecified atom stereocenters. The van der Waals surface area contributed by atoms with Crippen molar-refractivity contribution in [3.63, 3.8) is 0 Å². The molecule has 4 nitrogen and oxygen atoms in total. The molecule has 0 aliphatic heterocycles. The van der Waals surface area contributed by atoms with Crippen molar-refractivity contribution >= 4 is 11.6 Å². The molecule has 0 bridgehead atoms. The fraction of sp³-hybridized carbons (Fsp3) is 0.263. The quantitative estimate of drug-likeness (QED) is 0.658. The maximum Gasteiger partial charge on any atom is 0.281 e. The number of hydrogen-bond acceptors (Lipinski definition) is 3. The van der Waals surface area contributed by atoms with E-state index in [-0.39, 0.29) is 5.92 Å². The summed E-state index contributed by atoms with van der Waals surface area (Å²) in [5.74, 6) is -0.355. The molecule has 2 aromatic carbocycles. The van der Waals surface area contributed by atoms with Crippen molar-refractivity contribution in [2.75, 3.05) is 0 Å². The molecular weight excluding hydrogens is 288 g/mol. The predicted octanol–water partition coefficient (Wildman–Crippen LogP) is 3.07. The molecule has 0 saturated carbocycles. The fourth-order valence-corrected chi connectivity index (χ4v) is 2.14. The highest BCUT2D eigenvalue weighted by Gasteiger charge is 2.39. The summed E-state index contributed by atoms with van der Waals surface area (Å²) >= 11 is 0. The van der Waals surface area contributed by atoms with E-state index in [2.05, 4.69) is 10.5 Å². The van der Waals surface area contributed by atoms with Gasteiger partial charge in [0.2, 0.25) is 0 Å². The number of carbonyl (C=O) groups is 1. The second-order valence-electron chi connectivity index (χ2n) is 5.79. The van der Waals surface area contributed by atoms with E-state index in [0.717, 1.165) is 5.71 Å². The molecule has 0 aliphatic rings. The van der Waals surface area contributed by atoms with Gasteiger partial charge in [-0.05, 0) is 24.0 Å². The zero-order valence-electron chi connectivity index (χ0n) is 13.7. The van der Waals surface area contributed by atoms with Gasteiger partial charge in [-0.2, -0.15) is 5.10 Å².